The third-order valence-corrected chi connectivity index (χ3v) is 1.52. The van der Waals surface area contributed by atoms with Crippen LogP contribution in [0, 0.1) is 5.92 Å². The fourth-order valence-corrected chi connectivity index (χ4v) is 0.942. The molecule has 0 aromatic rings. The van der Waals surface area contributed by atoms with Crippen LogP contribution in [0.5, 0.6) is 0 Å². The molecular weight excluding hydrogens is 198 g/mol. The molecule has 0 aromatic heterocycles. The minimum atomic E-state index is -0.867. The molecule has 2 N–H and O–H groups in total. The van der Waals surface area contributed by atoms with Gasteiger partial charge in [0.1, 0.15) is 5.60 Å². The second kappa shape index (κ2) is 5.58. The van der Waals surface area contributed by atoms with Crippen molar-refractivity contribution in [2.75, 3.05) is 6.54 Å². The first-order valence-electron chi connectivity index (χ1n) is 4.89. The van der Waals surface area contributed by atoms with Gasteiger partial charge in [-0.25, -0.2) is 4.79 Å². The van der Waals surface area contributed by atoms with Gasteiger partial charge in [-0.1, -0.05) is 6.92 Å². The molecule has 0 aromatic carbocycles. The van der Waals surface area contributed by atoms with Crippen LogP contribution in [-0.2, 0) is 9.53 Å². The van der Waals surface area contributed by atoms with Gasteiger partial charge in [-0.3, -0.25) is 4.79 Å². The van der Waals surface area contributed by atoms with E-state index in [1.165, 1.54) is 0 Å². The first-order chi connectivity index (χ1) is 6.70. The van der Waals surface area contributed by atoms with Gasteiger partial charge in [-0.2, -0.15) is 0 Å². The van der Waals surface area contributed by atoms with Gasteiger partial charge in [0.05, 0.1) is 0 Å². The molecule has 88 valence electrons. The predicted molar refractivity (Wildman–Crippen MR) is 55.7 cm³/mol. The van der Waals surface area contributed by atoms with E-state index in [2.05, 4.69) is 5.32 Å². The van der Waals surface area contributed by atoms with E-state index in [0.29, 0.717) is 6.54 Å². The quantitative estimate of drug-likeness (QED) is 0.750. The zero-order chi connectivity index (χ0) is 12.1. The van der Waals surface area contributed by atoms with E-state index < -0.39 is 17.7 Å². The van der Waals surface area contributed by atoms with Gasteiger partial charge in [0.15, 0.2) is 0 Å². The molecule has 0 radical (unpaired) electrons. The largest absolute Gasteiger partial charge is 0.481 e. The van der Waals surface area contributed by atoms with Crippen LogP contribution in [-0.4, -0.2) is 29.3 Å². The number of ether oxygens (including phenoxy) is 1. The average molecular weight is 217 g/mol. The summed E-state index contributed by atoms with van der Waals surface area (Å²) in [6.45, 7) is 7.38. The number of carboxylic acid groups (broad SMARTS) is 1. The summed E-state index contributed by atoms with van der Waals surface area (Å²) >= 11 is 0. The summed E-state index contributed by atoms with van der Waals surface area (Å²) in [5.41, 5.74) is -0.528. The summed E-state index contributed by atoms with van der Waals surface area (Å²) in [5.74, 6) is -0.969. The topological polar surface area (TPSA) is 75.6 Å². The molecule has 0 aliphatic heterocycles. The maximum atomic E-state index is 11.2. The SMILES string of the molecule is CC(CNC(=O)OC(C)(C)C)CC(=O)O. The fourth-order valence-electron chi connectivity index (χ4n) is 0.942. The highest BCUT2D eigenvalue weighted by molar-refractivity contribution is 5.68. The highest BCUT2D eigenvalue weighted by Gasteiger charge is 2.16. The van der Waals surface area contributed by atoms with E-state index >= 15 is 0 Å². The van der Waals surface area contributed by atoms with Crippen molar-refractivity contribution in [1.82, 2.24) is 5.32 Å². The lowest BCUT2D eigenvalue weighted by molar-refractivity contribution is -0.137. The van der Waals surface area contributed by atoms with Crippen LogP contribution in [0.4, 0.5) is 4.79 Å². The lowest BCUT2D eigenvalue weighted by Crippen LogP contribution is -2.35. The zero-order valence-corrected chi connectivity index (χ0v) is 9.66. The number of alkyl carbamates (subject to hydrolysis) is 1. The van der Waals surface area contributed by atoms with E-state index in [0.717, 1.165) is 0 Å². The van der Waals surface area contributed by atoms with Gasteiger partial charge in [-0.15, -0.1) is 0 Å². The lowest BCUT2D eigenvalue weighted by Gasteiger charge is -2.20. The van der Waals surface area contributed by atoms with Gasteiger partial charge in [0.25, 0.3) is 0 Å². The molecule has 5 nitrogen and oxygen atoms in total. The summed E-state index contributed by atoms with van der Waals surface area (Å²) in [4.78, 5) is 21.5. The van der Waals surface area contributed by atoms with Crippen LogP contribution < -0.4 is 5.32 Å². The number of rotatable bonds is 4. The Hall–Kier alpha value is -1.26. The van der Waals surface area contributed by atoms with Crippen LogP contribution in [0.15, 0.2) is 0 Å². The van der Waals surface area contributed by atoms with Crippen LogP contribution in [0.2, 0.25) is 0 Å². The van der Waals surface area contributed by atoms with Gasteiger partial charge >= 0.3 is 12.1 Å². The van der Waals surface area contributed by atoms with Crippen molar-refractivity contribution in [3.8, 4) is 0 Å². The van der Waals surface area contributed by atoms with E-state index in [1.807, 2.05) is 0 Å². The van der Waals surface area contributed by atoms with E-state index in [-0.39, 0.29) is 12.3 Å². The van der Waals surface area contributed by atoms with Gasteiger partial charge in [0, 0.05) is 13.0 Å². The minimum absolute atomic E-state index is 0.0375. The van der Waals surface area contributed by atoms with Crippen molar-refractivity contribution in [2.45, 2.75) is 39.7 Å². The van der Waals surface area contributed by atoms with E-state index in [1.54, 1.807) is 27.7 Å². The maximum absolute atomic E-state index is 11.2. The Kier molecular flexibility index (Phi) is 5.11. The molecule has 0 fully saturated rings. The number of nitrogens with one attached hydrogen (secondary N) is 1. The Morgan fingerprint density at radius 2 is 1.93 bits per heavy atom. The standard InChI is InChI=1S/C10H19NO4/c1-7(5-8(12)13)6-11-9(14)15-10(2,3)4/h7H,5-6H2,1-4H3,(H,11,14)(H,12,13). The Morgan fingerprint density at radius 1 is 1.40 bits per heavy atom. The summed E-state index contributed by atoms with van der Waals surface area (Å²) in [7, 11) is 0. The molecule has 1 unspecified atom stereocenters. The molecule has 0 rings (SSSR count). The Balaban J connectivity index is 3.76. The first-order valence-corrected chi connectivity index (χ1v) is 4.89. The van der Waals surface area contributed by atoms with Gasteiger partial charge in [-0.05, 0) is 26.7 Å². The molecule has 0 heterocycles. The molecule has 1 atom stereocenters. The number of hydrogen-bond donors (Lipinski definition) is 2. The average Bonchev–Trinajstić information content (AvgIpc) is 1.96. The Bertz CT molecular complexity index is 232. The van der Waals surface area contributed by atoms with Gasteiger partial charge < -0.3 is 15.2 Å². The molecule has 0 spiro atoms. The number of carboxylic acids is 1. The molecule has 5 heteroatoms. The minimum Gasteiger partial charge on any atom is -0.481 e. The molecular formula is C10H19NO4. The number of carbonyl (C=O) groups excluding carboxylic acids is 1. The monoisotopic (exact) mass is 217 g/mol. The lowest BCUT2D eigenvalue weighted by atomic mass is 10.1. The number of carbonyl (C=O) groups is 2. The molecule has 0 aliphatic carbocycles. The molecule has 15 heavy (non-hydrogen) atoms. The number of amides is 1. The Labute approximate surface area is 89.8 Å². The summed E-state index contributed by atoms with van der Waals surface area (Å²) in [6.07, 6.45) is -0.477. The third-order valence-electron chi connectivity index (χ3n) is 1.52. The van der Waals surface area contributed by atoms with E-state index in [9.17, 15) is 9.59 Å². The van der Waals surface area contributed by atoms with Crippen molar-refractivity contribution >= 4 is 12.1 Å². The zero-order valence-electron chi connectivity index (χ0n) is 9.66. The molecule has 0 bridgehead atoms. The summed E-state index contributed by atoms with van der Waals surface area (Å²) < 4.78 is 5.00. The van der Waals surface area contributed by atoms with Crippen molar-refractivity contribution < 1.29 is 19.4 Å². The molecule has 0 saturated carbocycles. The van der Waals surface area contributed by atoms with Crippen molar-refractivity contribution in [1.29, 1.82) is 0 Å². The molecule has 0 saturated heterocycles. The predicted octanol–water partition coefficient (Wildman–Crippen LogP) is 1.62. The summed E-state index contributed by atoms with van der Waals surface area (Å²) in [6, 6.07) is 0. The second-order valence-corrected chi connectivity index (χ2v) is 4.59. The van der Waals surface area contributed by atoms with Crippen LogP contribution >= 0.6 is 0 Å². The van der Waals surface area contributed by atoms with Crippen LogP contribution in [0.3, 0.4) is 0 Å². The summed E-state index contributed by atoms with van der Waals surface area (Å²) in [5, 5.41) is 11.0. The second-order valence-electron chi connectivity index (χ2n) is 4.59. The number of aliphatic carboxylic acids is 1. The maximum Gasteiger partial charge on any atom is 0.407 e. The van der Waals surface area contributed by atoms with Crippen molar-refractivity contribution in [3.63, 3.8) is 0 Å². The third kappa shape index (κ3) is 9.05. The normalized spacial score (nSPS) is 13.1. The van der Waals surface area contributed by atoms with Crippen LogP contribution in [0.1, 0.15) is 34.1 Å². The van der Waals surface area contributed by atoms with Crippen molar-refractivity contribution in [2.24, 2.45) is 5.92 Å². The van der Waals surface area contributed by atoms with Crippen molar-refractivity contribution in [3.05, 3.63) is 0 Å². The van der Waals surface area contributed by atoms with Gasteiger partial charge in [0.2, 0.25) is 0 Å². The fraction of sp³-hybridized carbons (Fsp3) is 0.800. The molecule has 0 aliphatic rings. The smallest absolute Gasteiger partial charge is 0.407 e. The molecule has 1 amide bonds. The number of hydrogen-bond acceptors (Lipinski definition) is 3. The van der Waals surface area contributed by atoms with E-state index in [4.69, 9.17) is 9.84 Å². The van der Waals surface area contributed by atoms with Crippen LogP contribution in [0.25, 0.3) is 0 Å². The Morgan fingerprint density at radius 3 is 2.33 bits per heavy atom. The first kappa shape index (κ1) is 13.7. The highest BCUT2D eigenvalue weighted by Crippen LogP contribution is 2.07. The highest BCUT2D eigenvalue weighted by atomic mass is 16.6.